The molecule has 1 fully saturated rings. The molecule has 0 N–H and O–H groups in total. The minimum atomic E-state index is -1.04. The topological polar surface area (TPSA) is 44.8 Å². The second kappa shape index (κ2) is 7.66. The summed E-state index contributed by atoms with van der Waals surface area (Å²) in [6.45, 7) is 10.1. The van der Waals surface area contributed by atoms with Crippen molar-refractivity contribution in [1.29, 1.82) is 0 Å². The SMILES string of the molecule is CC[C@H](C)C=C(C)C=CC1=CC2=C(Cl)C(=O)[C@]3(C)O[C@@](C)(OC)C[C@@H]3C2=CO1. The zero-order valence-electron chi connectivity index (χ0n) is 17.5. The van der Waals surface area contributed by atoms with E-state index >= 15 is 0 Å². The number of halogens is 1. The number of carbonyl (C=O) groups excluding carboxylic acids is 1. The van der Waals surface area contributed by atoms with E-state index in [1.54, 1.807) is 20.3 Å². The molecule has 0 aromatic rings. The number of rotatable bonds is 5. The Morgan fingerprint density at radius 2 is 2.18 bits per heavy atom. The Morgan fingerprint density at radius 1 is 1.46 bits per heavy atom. The molecule has 0 saturated carbocycles. The molecule has 2 heterocycles. The molecule has 0 bridgehead atoms. The molecule has 0 aromatic carbocycles. The van der Waals surface area contributed by atoms with Crippen LogP contribution in [0.1, 0.15) is 47.5 Å². The van der Waals surface area contributed by atoms with Gasteiger partial charge >= 0.3 is 0 Å². The van der Waals surface area contributed by atoms with Crippen LogP contribution >= 0.6 is 11.6 Å². The average molecular weight is 405 g/mol. The largest absolute Gasteiger partial charge is 0.465 e. The van der Waals surface area contributed by atoms with Gasteiger partial charge in [0.25, 0.3) is 0 Å². The summed E-state index contributed by atoms with van der Waals surface area (Å²) in [5, 5.41) is 0.187. The molecule has 0 amide bonds. The lowest BCUT2D eigenvalue weighted by Gasteiger charge is -2.36. The third kappa shape index (κ3) is 3.66. The highest BCUT2D eigenvalue weighted by Crippen LogP contribution is 2.54. The molecule has 3 rings (SSSR count). The summed E-state index contributed by atoms with van der Waals surface area (Å²) >= 11 is 6.48. The van der Waals surface area contributed by atoms with Gasteiger partial charge in [-0.15, -0.1) is 0 Å². The van der Waals surface area contributed by atoms with Gasteiger partial charge in [-0.1, -0.05) is 49.6 Å². The molecule has 1 aliphatic carbocycles. The van der Waals surface area contributed by atoms with Crippen molar-refractivity contribution in [3.63, 3.8) is 0 Å². The third-order valence-electron chi connectivity index (χ3n) is 5.98. The van der Waals surface area contributed by atoms with Gasteiger partial charge in [0.15, 0.2) is 5.79 Å². The molecule has 3 aliphatic rings. The van der Waals surface area contributed by atoms with Crippen molar-refractivity contribution in [3.8, 4) is 0 Å². The molecule has 4 nitrogen and oxygen atoms in total. The van der Waals surface area contributed by atoms with E-state index < -0.39 is 11.4 Å². The van der Waals surface area contributed by atoms with E-state index in [9.17, 15) is 4.79 Å². The number of methoxy groups -OCH3 is 1. The van der Waals surface area contributed by atoms with Crippen LogP contribution in [0.25, 0.3) is 0 Å². The van der Waals surface area contributed by atoms with Crippen LogP contribution in [0.15, 0.2) is 58.1 Å². The van der Waals surface area contributed by atoms with Gasteiger partial charge in [0.1, 0.15) is 11.4 Å². The lowest BCUT2D eigenvalue weighted by atomic mass is 9.72. The molecule has 0 radical (unpaired) electrons. The van der Waals surface area contributed by atoms with Gasteiger partial charge in [-0.2, -0.15) is 0 Å². The van der Waals surface area contributed by atoms with Crippen molar-refractivity contribution in [3.05, 3.63) is 58.1 Å². The summed E-state index contributed by atoms with van der Waals surface area (Å²) < 4.78 is 17.4. The van der Waals surface area contributed by atoms with Crippen molar-refractivity contribution < 1.29 is 19.0 Å². The van der Waals surface area contributed by atoms with Crippen LogP contribution in [-0.4, -0.2) is 24.3 Å². The van der Waals surface area contributed by atoms with E-state index in [1.165, 1.54) is 5.57 Å². The molecule has 152 valence electrons. The Labute approximate surface area is 172 Å². The number of allylic oxidation sites excluding steroid dienone is 6. The van der Waals surface area contributed by atoms with Crippen LogP contribution in [0.2, 0.25) is 0 Å². The number of Topliss-reactive ketones (excluding diaryl/α,β-unsaturated/α-hetero) is 1. The van der Waals surface area contributed by atoms with Crippen LogP contribution in [0, 0.1) is 11.8 Å². The van der Waals surface area contributed by atoms with Gasteiger partial charge in [0, 0.05) is 30.6 Å². The van der Waals surface area contributed by atoms with Crippen LogP contribution in [0.3, 0.4) is 0 Å². The van der Waals surface area contributed by atoms with Gasteiger partial charge in [0.05, 0.1) is 11.3 Å². The number of carbonyl (C=O) groups is 1. The number of hydrogen-bond donors (Lipinski definition) is 0. The first-order valence-corrected chi connectivity index (χ1v) is 10.2. The van der Waals surface area contributed by atoms with E-state index in [0.29, 0.717) is 23.7 Å². The van der Waals surface area contributed by atoms with Gasteiger partial charge in [-0.3, -0.25) is 4.79 Å². The van der Waals surface area contributed by atoms with Crippen molar-refractivity contribution >= 4 is 17.4 Å². The summed E-state index contributed by atoms with van der Waals surface area (Å²) in [6.07, 6.45) is 11.3. The summed E-state index contributed by atoms with van der Waals surface area (Å²) in [5.41, 5.74) is 1.72. The molecule has 0 spiro atoms. The Kier molecular flexibility index (Phi) is 5.77. The fourth-order valence-corrected chi connectivity index (χ4v) is 4.39. The molecular formula is C23H29ClO4. The normalized spacial score (nSPS) is 34.0. The van der Waals surface area contributed by atoms with Crippen LogP contribution in [-0.2, 0) is 19.0 Å². The maximum atomic E-state index is 13.0. The molecule has 0 aromatic heterocycles. The van der Waals surface area contributed by atoms with E-state index in [2.05, 4.69) is 26.8 Å². The Bertz CT molecular complexity index is 832. The molecule has 2 aliphatic heterocycles. The maximum Gasteiger partial charge on any atom is 0.207 e. The predicted octanol–water partition coefficient (Wildman–Crippen LogP) is 5.57. The second-order valence-corrected chi connectivity index (χ2v) is 8.61. The van der Waals surface area contributed by atoms with Gasteiger partial charge in [-0.05, 0) is 38.8 Å². The first-order valence-electron chi connectivity index (χ1n) is 9.78. The fraction of sp³-hybridized carbons (Fsp3) is 0.522. The first kappa shape index (κ1) is 21.1. The molecule has 5 heteroatoms. The molecule has 0 unspecified atom stereocenters. The van der Waals surface area contributed by atoms with E-state index in [4.69, 9.17) is 25.8 Å². The summed E-state index contributed by atoms with van der Waals surface area (Å²) in [7, 11) is 1.59. The minimum Gasteiger partial charge on any atom is -0.465 e. The fourth-order valence-electron chi connectivity index (χ4n) is 4.04. The van der Waals surface area contributed by atoms with Gasteiger partial charge < -0.3 is 14.2 Å². The Hall–Kier alpha value is -1.62. The Balaban J connectivity index is 1.90. The molecule has 28 heavy (non-hydrogen) atoms. The summed E-state index contributed by atoms with van der Waals surface area (Å²) in [6, 6.07) is 0. The number of ketones is 1. The summed E-state index contributed by atoms with van der Waals surface area (Å²) in [5.74, 6) is -0.0263. The highest BCUT2D eigenvalue weighted by molar-refractivity contribution is 6.45. The van der Waals surface area contributed by atoms with E-state index in [1.807, 2.05) is 25.2 Å². The zero-order valence-corrected chi connectivity index (χ0v) is 18.2. The van der Waals surface area contributed by atoms with Crippen molar-refractivity contribution in [2.24, 2.45) is 11.8 Å². The third-order valence-corrected chi connectivity index (χ3v) is 6.36. The van der Waals surface area contributed by atoms with Crippen molar-refractivity contribution in [2.75, 3.05) is 7.11 Å². The summed E-state index contributed by atoms with van der Waals surface area (Å²) in [4.78, 5) is 13.0. The highest BCUT2D eigenvalue weighted by Gasteiger charge is 2.60. The quantitative estimate of drug-likeness (QED) is 0.562. The van der Waals surface area contributed by atoms with Gasteiger partial charge in [-0.25, -0.2) is 0 Å². The predicted molar refractivity (Wildman–Crippen MR) is 111 cm³/mol. The van der Waals surface area contributed by atoms with Gasteiger partial charge in [0.2, 0.25) is 5.78 Å². The molecule has 1 saturated heterocycles. The smallest absolute Gasteiger partial charge is 0.207 e. The van der Waals surface area contributed by atoms with E-state index in [0.717, 1.165) is 12.0 Å². The van der Waals surface area contributed by atoms with E-state index in [-0.39, 0.29) is 16.7 Å². The van der Waals surface area contributed by atoms with Crippen LogP contribution in [0.5, 0.6) is 0 Å². The average Bonchev–Trinajstić information content (AvgIpc) is 2.97. The molecular weight excluding hydrogens is 376 g/mol. The van der Waals surface area contributed by atoms with Crippen LogP contribution in [0.4, 0.5) is 0 Å². The number of fused-ring (bicyclic) bond motifs is 3. The minimum absolute atomic E-state index is 0.170. The van der Waals surface area contributed by atoms with Crippen LogP contribution < -0.4 is 0 Å². The standard InChI is InChI=1S/C23H29ClO4/c1-7-14(2)10-15(3)8-9-16-11-17-18(13-27-16)19-12-22(4,26-6)28-23(19,5)21(25)20(17)24/h8-11,13-14,19H,7,12H2,1-6H3/t14-,19+,22+,23+/m0/s1. The zero-order chi connectivity index (χ0) is 20.7. The van der Waals surface area contributed by atoms with Crippen molar-refractivity contribution in [1.82, 2.24) is 0 Å². The lowest BCUT2D eigenvalue weighted by Crippen LogP contribution is -2.46. The monoisotopic (exact) mass is 404 g/mol. The maximum absolute atomic E-state index is 13.0. The first-order chi connectivity index (χ1) is 13.1. The lowest BCUT2D eigenvalue weighted by molar-refractivity contribution is -0.221. The Morgan fingerprint density at radius 3 is 2.82 bits per heavy atom. The number of ether oxygens (including phenoxy) is 3. The second-order valence-electron chi connectivity index (χ2n) is 8.23. The number of hydrogen-bond acceptors (Lipinski definition) is 4. The molecule has 4 atom stereocenters. The highest BCUT2D eigenvalue weighted by atomic mass is 35.5. The van der Waals surface area contributed by atoms with Crippen molar-refractivity contribution in [2.45, 2.75) is 58.8 Å².